The van der Waals surface area contributed by atoms with E-state index in [0.717, 1.165) is 11.8 Å². The topological polar surface area (TPSA) is 83.5 Å². The summed E-state index contributed by atoms with van der Waals surface area (Å²) in [6.07, 6.45) is -3.47. The number of aliphatic hydroxyl groups is 1. The Morgan fingerprint density at radius 2 is 2.04 bits per heavy atom. The molecule has 0 radical (unpaired) electrons. The predicted molar refractivity (Wildman–Crippen MR) is 94.9 cm³/mol. The van der Waals surface area contributed by atoms with E-state index in [1.165, 1.54) is 17.7 Å². The lowest BCUT2D eigenvalue weighted by Crippen LogP contribution is -2.49. The van der Waals surface area contributed by atoms with Crippen molar-refractivity contribution in [1.82, 2.24) is 15.6 Å². The van der Waals surface area contributed by atoms with Crippen LogP contribution in [-0.4, -0.2) is 47.5 Å². The summed E-state index contributed by atoms with van der Waals surface area (Å²) in [4.78, 5) is 15.8. The van der Waals surface area contributed by atoms with Crippen molar-refractivity contribution in [1.29, 1.82) is 0 Å². The fourth-order valence-electron chi connectivity index (χ4n) is 2.95. The number of halogens is 3. The van der Waals surface area contributed by atoms with Crippen molar-refractivity contribution in [3.63, 3.8) is 0 Å². The van der Waals surface area contributed by atoms with Gasteiger partial charge >= 0.3 is 6.18 Å². The molecule has 2 heterocycles. The molecule has 2 aromatic rings. The molecule has 3 N–H and O–H groups in total. The highest BCUT2D eigenvalue weighted by atomic mass is 19.4. The van der Waals surface area contributed by atoms with Gasteiger partial charge in [0.25, 0.3) is 5.91 Å². The van der Waals surface area contributed by atoms with Gasteiger partial charge in [-0.3, -0.25) is 4.79 Å². The third kappa shape index (κ3) is 5.43. The number of rotatable bonds is 6. The average Bonchev–Trinajstić information content (AvgIpc) is 2.69. The van der Waals surface area contributed by atoms with Gasteiger partial charge in [-0.05, 0) is 23.6 Å². The second kappa shape index (κ2) is 8.57. The lowest BCUT2D eigenvalue weighted by atomic mass is 9.93. The van der Waals surface area contributed by atoms with Crippen molar-refractivity contribution in [2.24, 2.45) is 0 Å². The van der Waals surface area contributed by atoms with Crippen molar-refractivity contribution >= 4 is 5.91 Å². The molecule has 150 valence electrons. The first-order valence-corrected chi connectivity index (χ1v) is 8.74. The number of hydrogen-bond acceptors (Lipinski definition) is 5. The Bertz CT molecular complexity index is 812. The van der Waals surface area contributed by atoms with Crippen molar-refractivity contribution in [3.05, 3.63) is 59.3 Å². The minimum absolute atomic E-state index is 0.0327. The van der Waals surface area contributed by atoms with E-state index in [4.69, 9.17) is 0 Å². The van der Waals surface area contributed by atoms with Gasteiger partial charge in [0, 0.05) is 31.4 Å². The summed E-state index contributed by atoms with van der Waals surface area (Å²) < 4.78 is 40.8. The Morgan fingerprint density at radius 3 is 2.71 bits per heavy atom. The molecule has 1 amide bonds. The van der Waals surface area contributed by atoms with Gasteiger partial charge in [-0.2, -0.15) is 13.2 Å². The second-order valence-corrected chi connectivity index (χ2v) is 6.53. The minimum atomic E-state index is -4.46. The molecule has 3 rings (SSSR count). The van der Waals surface area contributed by atoms with Gasteiger partial charge < -0.3 is 20.5 Å². The van der Waals surface area contributed by atoms with Gasteiger partial charge in [0.2, 0.25) is 5.88 Å². The number of nitrogens with zero attached hydrogens (tertiary/aromatic N) is 1. The van der Waals surface area contributed by atoms with E-state index in [-0.39, 0.29) is 24.0 Å². The first-order valence-electron chi connectivity index (χ1n) is 8.74. The lowest BCUT2D eigenvalue weighted by Gasteiger charge is -2.30. The number of nitrogens with one attached hydrogen (secondary N) is 2. The molecule has 0 bridgehead atoms. The van der Waals surface area contributed by atoms with Crippen LogP contribution in [0, 0.1) is 0 Å². The number of ether oxygens (including phenoxy) is 1. The van der Waals surface area contributed by atoms with Crippen LogP contribution in [0.1, 0.15) is 21.5 Å². The van der Waals surface area contributed by atoms with E-state index in [0.29, 0.717) is 13.0 Å². The van der Waals surface area contributed by atoms with E-state index in [2.05, 4.69) is 20.4 Å². The number of alkyl halides is 3. The first-order chi connectivity index (χ1) is 13.3. The zero-order valence-corrected chi connectivity index (χ0v) is 14.9. The normalized spacial score (nSPS) is 17.5. The standard InChI is InChI=1S/C19H20F3N3O3/c20-19(21,22)11-28-17-6-5-14(9-24-17)18(27)25-10-16(26)15-7-12-3-1-2-4-13(12)8-23-15/h1-6,9,15-16,23,26H,7-8,10-11H2,(H,25,27)/t15-,16?/m0/s1. The van der Waals surface area contributed by atoms with Gasteiger partial charge in [0.15, 0.2) is 6.61 Å². The number of hydrogen-bond donors (Lipinski definition) is 3. The summed E-state index contributed by atoms with van der Waals surface area (Å²) in [5, 5.41) is 16.2. The minimum Gasteiger partial charge on any atom is -0.468 e. The highest BCUT2D eigenvalue weighted by Crippen LogP contribution is 2.18. The molecule has 28 heavy (non-hydrogen) atoms. The van der Waals surface area contributed by atoms with Gasteiger partial charge in [0.05, 0.1) is 11.7 Å². The number of carbonyl (C=O) groups is 1. The maximum atomic E-state index is 12.2. The molecule has 0 saturated carbocycles. The summed E-state index contributed by atoms with van der Waals surface area (Å²) in [5.74, 6) is -0.705. The monoisotopic (exact) mass is 395 g/mol. The molecule has 6 nitrogen and oxygen atoms in total. The summed E-state index contributed by atoms with van der Waals surface area (Å²) >= 11 is 0. The second-order valence-electron chi connectivity index (χ2n) is 6.53. The number of aromatic nitrogens is 1. The highest BCUT2D eigenvalue weighted by molar-refractivity contribution is 5.93. The number of pyridine rings is 1. The number of fused-ring (bicyclic) bond motifs is 1. The van der Waals surface area contributed by atoms with Crippen LogP contribution in [0.3, 0.4) is 0 Å². The number of carbonyl (C=O) groups excluding carboxylic acids is 1. The summed E-state index contributed by atoms with van der Waals surface area (Å²) in [5.41, 5.74) is 2.51. The fourth-order valence-corrected chi connectivity index (χ4v) is 2.95. The van der Waals surface area contributed by atoms with Crippen LogP contribution >= 0.6 is 0 Å². The van der Waals surface area contributed by atoms with Crippen LogP contribution in [0.4, 0.5) is 13.2 Å². The Balaban J connectivity index is 1.48. The van der Waals surface area contributed by atoms with E-state index in [9.17, 15) is 23.1 Å². The van der Waals surface area contributed by atoms with Crippen LogP contribution in [0.5, 0.6) is 5.88 Å². The molecule has 1 unspecified atom stereocenters. The van der Waals surface area contributed by atoms with Gasteiger partial charge in [-0.25, -0.2) is 4.98 Å². The Labute approximate surface area is 159 Å². The molecule has 0 fully saturated rings. The molecular formula is C19H20F3N3O3. The molecule has 0 spiro atoms. The molecule has 0 aliphatic carbocycles. The van der Waals surface area contributed by atoms with Crippen LogP contribution in [-0.2, 0) is 13.0 Å². The Morgan fingerprint density at radius 1 is 1.29 bits per heavy atom. The predicted octanol–water partition coefficient (Wildman–Crippen LogP) is 1.83. The van der Waals surface area contributed by atoms with Crippen molar-refractivity contribution < 1.29 is 27.8 Å². The maximum absolute atomic E-state index is 12.2. The van der Waals surface area contributed by atoms with Crippen LogP contribution in [0.25, 0.3) is 0 Å². The number of amides is 1. The van der Waals surface area contributed by atoms with Crippen molar-refractivity contribution in [2.75, 3.05) is 13.2 Å². The first kappa shape index (κ1) is 20.1. The molecule has 2 atom stereocenters. The van der Waals surface area contributed by atoms with Gasteiger partial charge in [0.1, 0.15) is 0 Å². The molecule has 1 aromatic carbocycles. The Kier molecular flexibility index (Phi) is 6.15. The van der Waals surface area contributed by atoms with Gasteiger partial charge in [-0.1, -0.05) is 24.3 Å². The van der Waals surface area contributed by atoms with E-state index in [1.54, 1.807) is 0 Å². The van der Waals surface area contributed by atoms with E-state index in [1.807, 2.05) is 24.3 Å². The van der Waals surface area contributed by atoms with E-state index < -0.39 is 24.8 Å². The lowest BCUT2D eigenvalue weighted by molar-refractivity contribution is -0.154. The van der Waals surface area contributed by atoms with Crippen LogP contribution in [0.2, 0.25) is 0 Å². The van der Waals surface area contributed by atoms with Crippen molar-refractivity contribution in [3.8, 4) is 5.88 Å². The van der Waals surface area contributed by atoms with Gasteiger partial charge in [-0.15, -0.1) is 0 Å². The maximum Gasteiger partial charge on any atom is 0.422 e. The zero-order chi connectivity index (χ0) is 20.1. The SMILES string of the molecule is O=C(NCC(O)[C@@H]1Cc2ccccc2CN1)c1ccc(OCC(F)(F)F)nc1. The molecule has 9 heteroatoms. The smallest absolute Gasteiger partial charge is 0.422 e. The van der Waals surface area contributed by atoms with Crippen molar-refractivity contribution in [2.45, 2.75) is 31.3 Å². The fraction of sp³-hybridized carbons (Fsp3) is 0.368. The Hall–Kier alpha value is -2.65. The summed E-state index contributed by atoms with van der Waals surface area (Å²) in [6.45, 7) is -0.768. The highest BCUT2D eigenvalue weighted by Gasteiger charge is 2.28. The van der Waals surface area contributed by atoms with Crippen LogP contribution in [0.15, 0.2) is 42.6 Å². The number of benzene rings is 1. The average molecular weight is 395 g/mol. The number of aliphatic hydroxyl groups excluding tert-OH is 1. The zero-order valence-electron chi connectivity index (χ0n) is 14.9. The van der Waals surface area contributed by atoms with Crippen LogP contribution < -0.4 is 15.4 Å². The largest absolute Gasteiger partial charge is 0.468 e. The molecular weight excluding hydrogens is 375 g/mol. The third-order valence-corrected chi connectivity index (χ3v) is 4.43. The quantitative estimate of drug-likeness (QED) is 0.695. The summed E-state index contributed by atoms with van der Waals surface area (Å²) in [7, 11) is 0. The molecule has 0 saturated heterocycles. The molecule has 1 aliphatic rings. The third-order valence-electron chi connectivity index (χ3n) is 4.43. The molecule has 1 aliphatic heterocycles. The van der Waals surface area contributed by atoms with E-state index >= 15 is 0 Å². The summed E-state index contributed by atoms with van der Waals surface area (Å²) in [6, 6.07) is 10.3. The molecule has 1 aromatic heterocycles.